The zero-order chi connectivity index (χ0) is 7.82. The SMILES string of the molecule is CC.NCC1=CC=CCN1. The summed E-state index contributed by atoms with van der Waals surface area (Å²) in [5.74, 6) is 0. The van der Waals surface area contributed by atoms with Gasteiger partial charge in [-0.3, -0.25) is 0 Å². The molecule has 0 bridgehead atoms. The Morgan fingerprint density at radius 2 is 2.30 bits per heavy atom. The molecule has 1 rings (SSSR count). The number of allylic oxidation sites excluding steroid dienone is 2. The maximum atomic E-state index is 5.34. The summed E-state index contributed by atoms with van der Waals surface area (Å²) in [6, 6.07) is 0. The summed E-state index contributed by atoms with van der Waals surface area (Å²) in [7, 11) is 0. The van der Waals surface area contributed by atoms with Crippen molar-refractivity contribution in [1.29, 1.82) is 0 Å². The van der Waals surface area contributed by atoms with E-state index in [1.807, 2.05) is 26.0 Å². The van der Waals surface area contributed by atoms with Crippen molar-refractivity contribution < 1.29 is 0 Å². The van der Waals surface area contributed by atoms with E-state index in [0.717, 1.165) is 12.2 Å². The second kappa shape index (κ2) is 6.36. The maximum absolute atomic E-state index is 5.34. The zero-order valence-electron chi connectivity index (χ0n) is 6.72. The Bertz CT molecular complexity index is 125. The molecule has 0 fully saturated rings. The van der Waals surface area contributed by atoms with Crippen molar-refractivity contribution >= 4 is 0 Å². The van der Waals surface area contributed by atoms with Crippen LogP contribution in [-0.2, 0) is 0 Å². The van der Waals surface area contributed by atoms with Crippen LogP contribution in [0.15, 0.2) is 23.9 Å². The van der Waals surface area contributed by atoms with Gasteiger partial charge < -0.3 is 11.1 Å². The monoisotopic (exact) mass is 140 g/mol. The number of hydrogen-bond acceptors (Lipinski definition) is 2. The second-order valence-electron chi connectivity index (χ2n) is 1.71. The van der Waals surface area contributed by atoms with E-state index in [-0.39, 0.29) is 0 Å². The Morgan fingerprint density at radius 1 is 1.60 bits per heavy atom. The number of rotatable bonds is 1. The maximum Gasteiger partial charge on any atom is 0.0331 e. The quantitative estimate of drug-likeness (QED) is 0.570. The molecule has 1 aliphatic heterocycles. The molecule has 58 valence electrons. The minimum atomic E-state index is 0.615. The van der Waals surface area contributed by atoms with Crippen LogP contribution in [0.3, 0.4) is 0 Å². The molecular formula is C8H16N2. The van der Waals surface area contributed by atoms with Gasteiger partial charge in [-0.1, -0.05) is 26.0 Å². The highest BCUT2D eigenvalue weighted by Gasteiger charge is 1.91. The van der Waals surface area contributed by atoms with Crippen LogP contribution in [0.5, 0.6) is 0 Å². The lowest BCUT2D eigenvalue weighted by molar-refractivity contribution is 0.852. The van der Waals surface area contributed by atoms with Gasteiger partial charge >= 0.3 is 0 Å². The molecule has 1 aliphatic rings. The van der Waals surface area contributed by atoms with Crippen LogP contribution in [0.25, 0.3) is 0 Å². The van der Waals surface area contributed by atoms with Gasteiger partial charge in [0.15, 0.2) is 0 Å². The van der Waals surface area contributed by atoms with Crippen molar-refractivity contribution in [2.75, 3.05) is 13.1 Å². The van der Waals surface area contributed by atoms with E-state index in [1.165, 1.54) is 0 Å². The third kappa shape index (κ3) is 3.30. The van der Waals surface area contributed by atoms with E-state index >= 15 is 0 Å². The van der Waals surface area contributed by atoms with E-state index in [1.54, 1.807) is 0 Å². The number of nitrogens with two attached hydrogens (primary N) is 1. The number of dihydropyridines is 1. The van der Waals surface area contributed by atoms with Crippen LogP contribution in [0.2, 0.25) is 0 Å². The third-order valence-corrected chi connectivity index (χ3v) is 1.10. The van der Waals surface area contributed by atoms with E-state index in [0.29, 0.717) is 6.54 Å². The molecule has 0 saturated carbocycles. The lowest BCUT2D eigenvalue weighted by Gasteiger charge is -2.07. The molecule has 0 unspecified atom stereocenters. The molecule has 0 spiro atoms. The Kier molecular flexibility index (Phi) is 5.88. The highest BCUT2D eigenvalue weighted by atomic mass is 14.9. The molecule has 2 nitrogen and oxygen atoms in total. The molecule has 0 aromatic carbocycles. The van der Waals surface area contributed by atoms with Crippen LogP contribution >= 0.6 is 0 Å². The van der Waals surface area contributed by atoms with Gasteiger partial charge in [0.25, 0.3) is 0 Å². The molecule has 0 aliphatic carbocycles. The van der Waals surface area contributed by atoms with Gasteiger partial charge in [0, 0.05) is 18.8 Å². The predicted molar refractivity (Wildman–Crippen MR) is 45.6 cm³/mol. The molecule has 0 amide bonds. The molecular weight excluding hydrogens is 124 g/mol. The summed E-state index contributed by atoms with van der Waals surface area (Å²) in [5.41, 5.74) is 6.46. The van der Waals surface area contributed by atoms with Crippen molar-refractivity contribution in [3.05, 3.63) is 23.9 Å². The molecule has 3 N–H and O–H groups in total. The van der Waals surface area contributed by atoms with Gasteiger partial charge in [-0.2, -0.15) is 0 Å². The van der Waals surface area contributed by atoms with Crippen molar-refractivity contribution in [3.63, 3.8) is 0 Å². The average Bonchev–Trinajstić information content (AvgIpc) is 2.10. The summed E-state index contributed by atoms with van der Waals surface area (Å²) in [5, 5.41) is 3.12. The van der Waals surface area contributed by atoms with E-state index in [9.17, 15) is 0 Å². The van der Waals surface area contributed by atoms with Gasteiger partial charge in [-0.25, -0.2) is 0 Å². The molecule has 0 radical (unpaired) electrons. The fourth-order valence-corrected chi connectivity index (χ4v) is 0.641. The van der Waals surface area contributed by atoms with Gasteiger partial charge in [0.1, 0.15) is 0 Å². The van der Waals surface area contributed by atoms with E-state index in [2.05, 4.69) is 11.4 Å². The first-order valence-electron chi connectivity index (χ1n) is 3.73. The summed E-state index contributed by atoms with van der Waals surface area (Å²) < 4.78 is 0. The van der Waals surface area contributed by atoms with Gasteiger partial charge in [0.05, 0.1) is 0 Å². The fraction of sp³-hybridized carbons (Fsp3) is 0.500. The molecule has 0 aromatic rings. The summed E-state index contributed by atoms with van der Waals surface area (Å²) in [6.45, 7) is 5.54. The largest absolute Gasteiger partial charge is 0.384 e. The Morgan fingerprint density at radius 3 is 2.60 bits per heavy atom. The van der Waals surface area contributed by atoms with E-state index in [4.69, 9.17) is 5.73 Å². The summed E-state index contributed by atoms with van der Waals surface area (Å²) in [4.78, 5) is 0. The van der Waals surface area contributed by atoms with Crippen molar-refractivity contribution in [2.45, 2.75) is 13.8 Å². The molecule has 0 saturated heterocycles. The Balaban J connectivity index is 0.000000371. The number of hydrogen-bond donors (Lipinski definition) is 2. The van der Waals surface area contributed by atoms with Crippen molar-refractivity contribution in [3.8, 4) is 0 Å². The van der Waals surface area contributed by atoms with Crippen LogP contribution in [-0.4, -0.2) is 13.1 Å². The normalized spacial score (nSPS) is 14.5. The Hall–Kier alpha value is -0.760. The minimum Gasteiger partial charge on any atom is -0.384 e. The smallest absolute Gasteiger partial charge is 0.0331 e. The highest BCUT2D eigenvalue weighted by molar-refractivity contribution is 5.17. The summed E-state index contributed by atoms with van der Waals surface area (Å²) in [6.07, 6.45) is 6.06. The molecule has 2 heteroatoms. The van der Waals surface area contributed by atoms with Gasteiger partial charge in [-0.15, -0.1) is 0 Å². The van der Waals surface area contributed by atoms with Crippen molar-refractivity contribution in [1.82, 2.24) is 5.32 Å². The van der Waals surface area contributed by atoms with Crippen LogP contribution in [0.1, 0.15) is 13.8 Å². The fourth-order valence-electron chi connectivity index (χ4n) is 0.641. The second-order valence-corrected chi connectivity index (χ2v) is 1.71. The lowest BCUT2D eigenvalue weighted by atomic mass is 10.3. The van der Waals surface area contributed by atoms with Crippen LogP contribution in [0, 0.1) is 0 Å². The van der Waals surface area contributed by atoms with Gasteiger partial charge in [0.2, 0.25) is 0 Å². The lowest BCUT2D eigenvalue weighted by Crippen LogP contribution is -2.21. The standard InChI is InChI=1S/C6H10N2.C2H6/c7-5-6-3-1-2-4-8-6;1-2/h1-3,8H,4-5,7H2;1-2H3. The molecule has 0 atom stereocenters. The first-order chi connectivity index (χ1) is 4.93. The predicted octanol–water partition coefficient (Wildman–Crippen LogP) is 1.01. The molecule has 10 heavy (non-hydrogen) atoms. The minimum absolute atomic E-state index is 0.615. The van der Waals surface area contributed by atoms with Crippen molar-refractivity contribution in [2.24, 2.45) is 5.73 Å². The van der Waals surface area contributed by atoms with Crippen LogP contribution < -0.4 is 11.1 Å². The zero-order valence-corrected chi connectivity index (χ0v) is 6.72. The van der Waals surface area contributed by atoms with Crippen LogP contribution in [0.4, 0.5) is 0 Å². The number of nitrogens with one attached hydrogen (secondary N) is 1. The van der Waals surface area contributed by atoms with Gasteiger partial charge in [-0.05, 0) is 6.08 Å². The molecule has 1 heterocycles. The average molecular weight is 140 g/mol. The third-order valence-electron chi connectivity index (χ3n) is 1.10. The van der Waals surface area contributed by atoms with E-state index < -0.39 is 0 Å². The first-order valence-corrected chi connectivity index (χ1v) is 3.73. The first kappa shape index (κ1) is 9.24. The highest BCUT2D eigenvalue weighted by Crippen LogP contribution is 1.91. The Labute approximate surface area is 62.8 Å². The summed E-state index contributed by atoms with van der Waals surface area (Å²) >= 11 is 0. The topological polar surface area (TPSA) is 38.0 Å². The molecule has 0 aromatic heterocycles.